The summed E-state index contributed by atoms with van der Waals surface area (Å²) < 4.78 is 0. The largest absolute Gasteiger partial charge is 0.311 e. The molecule has 0 aromatic heterocycles. The molecule has 2 unspecified atom stereocenters. The van der Waals surface area contributed by atoms with E-state index in [2.05, 4.69) is 187 Å². The Hall–Kier alpha value is -5.34. The molecule has 0 N–H and O–H groups in total. The molecule has 0 amide bonds. The molecule has 2 nitrogen and oxygen atoms in total. The lowest BCUT2D eigenvalue weighted by Crippen LogP contribution is -2.15. The number of hydrogen-bond acceptors (Lipinski definition) is 2. The maximum atomic E-state index is 4.30. The summed E-state index contributed by atoms with van der Waals surface area (Å²) in [5.41, 5.74) is 12.1. The predicted octanol–water partition coefficient (Wildman–Crippen LogP) is 13.2. The van der Waals surface area contributed by atoms with Gasteiger partial charge in [-0.25, -0.2) is 0 Å². The Balaban J connectivity index is 1.11. The molecule has 0 aliphatic heterocycles. The molecule has 1 saturated carbocycles. The van der Waals surface area contributed by atoms with Gasteiger partial charge in [0.05, 0.1) is 0 Å². The standard InChI is InChI=1S/C46H44N2/c1-35-32-36(2)34-38(33-35)19-18-37-20-26-44(27-21-37)48(43-16-10-5-11-17-43)46-30-24-40(25-31-46)39-22-28-45(29-23-39)47(41-12-6-3-7-13-41)42-14-8-4-9-15-42/h3-17,20-31,36,38H,1,18-19,32-34H2,2H3. The molecule has 6 aromatic carbocycles. The van der Waals surface area contributed by atoms with Gasteiger partial charge < -0.3 is 9.80 Å². The van der Waals surface area contributed by atoms with Gasteiger partial charge >= 0.3 is 0 Å². The average Bonchev–Trinajstić information content (AvgIpc) is 3.13. The van der Waals surface area contributed by atoms with Crippen LogP contribution in [0.25, 0.3) is 11.1 Å². The maximum Gasteiger partial charge on any atom is 0.0462 e. The van der Waals surface area contributed by atoms with E-state index in [0.29, 0.717) is 0 Å². The number of anilines is 6. The quantitative estimate of drug-likeness (QED) is 0.140. The second kappa shape index (κ2) is 14.6. The van der Waals surface area contributed by atoms with Gasteiger partial charge in [0.1, 0.15) is 0 Å². The van der Waals surface area contributed by atoms with Gasteiger partial charge in [0, 0.05) is 34.1 Å². The van der Waals surface area contributed by atoms with E-state index >= 15 is 0 Å². The zero-order chi connectivity index (χ0) is 32.7. The summed E-state index contributed by atoms with van der Waals surface area (Å²) in [7, 11) is 0. The highest BCUT2D eigenvalue weighted by Gasteiger charge is 2.21. The fraction of sp³-hybridized carbons (Fsp3) is 0.174. The lowest BCUT2D eigenvalue weighted by molar-refractivity contribution is 0.321. The lowest BCUT2D eigenvalue weighted by atomic mass is 9.77. The van der Waals surface area contributed by atoms with Gasteiger partial charge in [-0.2, -0.15) is 0 Å². The SMILES string of the molecule is C=C1CC(C)CC(CCc2ccc(N(c3ccccc3)c3ccc(-c4ccc(N(c5ccccc5)c5ccccc5)cc4)cc3)cc2)C1. The first-order valence-corrected chi connectivity index (χ1v) is 17.3. The number of rotatable bonds is 10. The summed E-state index contributed by atoms with van der Waals surface area (Å²) in [6, 6.07) is 58.8. The third-order valence-corrected chi connectivity index (χ3v) is 9.61. The summed E-state index contributed by atoms with van der Waals surface area (Å²) >= 11 is 0. The van der Waals surface area contributed by atoms with Crippen molar-refractivity contribution >= 4 is 34.1 Å². The minimum atomic E-state index is 0.767. The average molecular weight is 625 g/mol. The lowest BCUT2D eigenvalue weighted by Gasteiger charge is -2.28. The van der Waals surface area contributed by atoms with Gasteiger partial charge in [0.25, 0.3) is 0 Å². The van der Waals surface area contributed by atoms with Crippen molar-refractivity contribution in [1.82, 2.24) is 0 Å². The van der Waals surface area contributed by atoms with Crippen molar-refractivity contribution in [3.05, 3.63) is 182 Å². The Morgan fingerprint density at radius 1 is 0.479 bits per heavy atom. The van der Waals surface area contributed by atoms with Crippen LogP contribution in [0.4, 0.5) is 34.1 Å². The van der Waals surface area contributed by atoms with Crippen LogP contribution in [0, 0.1) is 11.8 Å². The molecule has 0 saturated heterocycles. The van der Waals surface area contributed by atoms with Gasteiger partial charge in [-0.15, -0.1) is 0 Å². The molecule has 2 atom stereocenters. The predicted molar refractivity (Wildman–Crippen MR) is 205 cm³/mol. The molecule has 7 rings (SSSR count). The van der Waals surface area contributed by atoms with E-state index in [0.717, 1.165) is 46.7 Å². The number of nitrogens with zero attached hydrogens (tertiary/aromatic N) is 2. The van der Waals surface area contributed by atoms with E-state index < -0.39 is 0 Å². The maximum absolute atomic E-state index is 4.30. The van der Waals surface area contributed by atoms with Crippen LogP contribution in [0.15, 0.2) is 176 Å². The van der Waals surface area contributed by atoms with E-state index in [1.54, 1.807) is 0 Å². The van der Waals surface area contributed by atoms with Crippen LogP contribution in [0.1, 0.15) is 38.2 Å². The van der Waals surface area contributed by atoms with Crippen molar-refractivity contribution in [2.75, 3.05) is 9.80 Å². The topological polar surface area (TPSA) is 6.48 Å². The Morgan fingerprint density at radius 2 is 0.854 bits per heavy atom. The molecular weight excluding hydrogens is 581 g/mol. The molecule has 0 radical (unpaired) electrons. The van der Waals surface area contributed by atoms with Crippen molar-refractivity contribution < 1.29 is 0 Å². The first-order valence-electron chi connectivity index (χ1n) is 17.3. The number of allylic oxidation sites excluding steroid dienone is 1. The fourth-order valence-corrected chi connectivity index (χ4v) is 7.35. The van der Waals surface area contributed by atoms with Crippen molar-refractivity contribution in [3.8, 4) is 11.1 Å². The third kappa shape index (κ3) is 7.29. The smallest absolute Gasteiger partial charge is 0.0462 e. The Labute approximate surface area is 286 Å². The fourth-order valence-electron chi connectivity index (χ4n) is 7.35. The van der Waals surface area contributed by atoms with Crippen LogP contribution < -0.4 is 9.80 Å². The van der Waals surface area contributed by atoms with Crippen LogP contribution in [0.2, 0.25) is 0 Å². The first kappa shape index (κ1) is 31.3. The van der Waals surface area contributed by atoms with E-state index in [9.17, 15) is 0 Å². The molecule has 0 spiro atoms. The zero-order valence-electron chi connectivity index (χ0n) is 27.9. The summed E-state index contributed by atoms with van der Waals surface area (Å²) in [5, 5.41) is 0. The van der Waals surface area contributed by atoms with Crippen molar-refractivity contribution in [1.29, 1.82) is 0 Å². The second-order valence-electron chi connectivity index (χ2n) is 13.3. The van der Waals surface area contributed by atoms with Crippen LogP contribution in [-0.2, 0) is 6.42 Å². The number of hydrogen-bond donors (Lipinski definition) is 0. The van der Waals surface area contributed by atoms with Crippen LogP contribution in [0.3, 0.4) is 0 Å². The van der Waals surface area contributed by atoms with Gasteiger partial charge in [-0.3, -0.25) is 0 Å². The van der Waals surface area contributed by atoms with Gasteiger partial charge in [-0.05, 0) is 133 Å². The van der Waals surface area contributed by atoms with Crippen molar-refractivity contribution in [2.24, 2.45) is 11.8 Å². The Bertz CT molecular complexity index is 1860. The van der Waals surface area contributed by atoms with Crippen LogP contribution in [0.5, 0.6) is 0 Å². The molecule has 0 bridgehead atoms. The van der Waals surface area contributed by atoms with E-state index in [4.69, 9.17) is 0 Å². The molecule has 0 heterocycles. The Morgan fingerprint density at radius 3 is 1.25 bits per heavy atom. The molecule has 238 valence electrons. The summed E-state index contributed by atoms with van der Waals surface area (Å²) in [6.07, 6.45) is 6.10. The summed E-state index contributed by atoms with van der Waals surface area (Å²) in [6.45, 7) is 6.68. The van der Waals surface area contributed by atoms with E-state index in [1.165, 1.54) is 53.6 Å². The Kier molecular flexibility index (Phi) is 9.52. The minimum Gasteiger partial charge on any atom is -0.311 e. The summed E-state index contributed by atoms with van der Waals surface area (Å²) in [5.74, 6) is 1.54. The monoisotopic (exact) mass is 624 g/mol. The normalized spacial score (nSPS) is 16.0. The second-order valence-corrected chi connectivity index (χ2v) is 13.3. The van der Waals surface area contributed by atoms with Crippen LogP contribution in [-0.4, -0.2) is 0 Å². The molecule has 48 heavy (non-hydrogen) atoms. The number of benzene rings is 6. The molecule has 6 aromatic rings. The number of aryl methyl sites for hydroxylation is 1. The van der Waals surface area contributed by atoms with Crippen LogP contribution >= 0.6 is 0 Å². The zero-order valence-corrected chi connectivity index (χ0v) is 27.9. The van der Waals surface area contributed by atoms with Crippen molar-refractivity contribution in [3.63, 3.8) is 0 Å². The van der Waals surface area contributed by atoms with Gasteiger partial charge in [0.15, 0.2) is 0 Å². The first-order chi connectivity index (χ1) is 23.6. The van der Waals surface area contributed by atoms with E-state index in [-0.39, 0.29) is 0 Å². The van der Waals surface area contributed by atoms with E-state index in [1.807, 2.05) is 0 Å². The molecule has 1 aliphatic carbocycles. The third-order valence-electron chi connectivity index (χ3n) is 9.61. The van der Waals surface area contributed by atoms with Gasteiger partial charge in [-0.1, -0.05) is 110 Å². The highest BCUT2D eigenvalue weighted by Crippen LogP contribution is 2.38. The van der Waals surface area contributed by atoms with Crippen molar-refractivity contribution in [2.45, 2.75) is 39.0 Å². The molecule has 1 aliphatic rings. The minimum absolute atomic E-state index is 0.767. The molecular formula is C46H44N2. The summed E-state index contributed by atoms with van der Waals surface area (Å²) in [4.78, 5) is 4.64. The highest BCUT2D eigenvalue weighted by molar-refractivity contribution is 5.80. The molecule has 2 heteroatoms. The number of para-hydroxylation sites is 3. The molecule has 1 fully saturated rings. The van der Waals surface area contributed by atoms with Gasteiger partial charge in [0.2, 0.25) is 0 Å². The highest BCUT2D eigenvalue weighted by atomic mass is 15.1.